The number of nitrogens with one attached hydrogen (secondary N) is 1. The minimum absolute atomic E-state index is 0.0381. The molecule has 1 atom stereocenters. The zero-order chi connectivity index (χ0) is 13.5. The number of hydrogen-bond acceptors (Lipinski definition) is 3. The largest absolute Gasteiger partial charge is 0.469 e. The maximum atomic E-state index is 11.3. The highest BCUT2D eigenvalue weighted by Crippen LogP contribution is 2.21. The number of methoxy groups -OCH3 is 1. The van der Waals surface area contributed by atoms with Crippen LogP contribution in [0.15, 0.2) is 36.9 Å². The summed E-state index contributed by atoms with van der Waals surface area (Å²) in [6, 6.07) is 6.46. The Morgan fingerprint density at radius 2 is 2.28 bits per heavy atom. The van der Waals surface area contributed by atoms with Crippen LogP contribution in [0.25, 0.3) is 0 Å². The molecule has 4 nitrogen and oxygen atoms in total. The smallest absolute Gasteiger partial charge is 0.307 e. The molecule has 0 fully saturated rings. The Balaban J connectivity index is 2.92. The van der Waals surface area contributed by atoms with Crippen LogP contribution in [0.2, 0.25) is 5.02 Å². The first-order valence-corrected chi connectivity index (χ1v) is 5.70. The maximum Gasteiger partial charge on any atom is 0.307 e. The van der Waals surface area contributed by atoms with Crippen LogP contribution in [0.3, 0.4) is 0 Å². The van der Waals surface area contributed by atoms with Gasteiger partial charge in [-0.1, -0.05) is 30.3 Å². The van der Waals surface area contributed by atoms with Gasteiger partial charge in [0, 0.05) is 5.02 Å². The second-order valence-corrected chi connectivity index (χ2v) is 4.04. The maximum absolute atomic E-state index is 11.3. The van der Waals surface area contributed by atoms with Crippen LogP contribution < -0.4 is 5.32 Å². The van der Waals surface area contributed by atoms with Gasteiger partial charge >= 0.3 is 5.97 Å². The van der Waals surface area contributed by atoms with Crippen molar-refractivity contribution in [3.8, 4) is 0 Å². The van der Waals surface area contributed by atoms with E-state index in [4.69, 9.17) is 11.6 Å². The Bertz CT molecular complexity index is 459. The molecule has 18 heavy (non-hydrogen) atoms. The summed E-state index contributed by atoms with van der Waals surface area (Å²) in [5.41, 5.74) is 0.739. The van der Waals surface area contributed by atoms with Gasteiger partial charge in [0.1, 0.15) is 0 Å². The van der Waals surface area contributed by atoms with Crippen molar-refractivity contribution in [2.75, 3.05) is 7.11 Å². The van der Waals surface area contributed by atoms with Crippen molar-refractivity contribution < 1.29 is 14.3 Å². The Labute approximate surface area is 111 Å². The predicted molar refractivity (Wildman–Crippen MR) is 69.2 cm³/mol. The Morgan fingerprint density at radius 3 is 2.83 bits per heavy atom. The highest BCUT2D eigenvalue weighted by Gasteiger charge is 2.18. The van der Waals surface area contributed by atoms with Gasteiger partial charge < -0.3 is 10.1 Å². The Morgan fingerprint density at radius 1 is 1.56 bits per heavy atom. The second-order valence-electron chi connectivity index (χ2n) is 3.60. The quantitative estimate of drug-likeness (QED) is 0.658. The fraction of sp³-hybridized carbons (Fsp3) is 0.231. The summed E-state index contributed by atoms with van der Waals surface area (Å²) >= 11 is 5.88. The van der Waals surface area contributed by atoms with E-state index < -0.39 is 12.0 Å². The molecule has 0 bridgehead atoms. The number of hydrogen-bond donors (Lipinski definition) is 1. The molecule has 5 heteroatoms. The van der Waals surface area contributed by atoms with Crippen molar-refractivity contribution in [3.05, 3.63) is 47.5 Å². The van der Waals surface area contributed by atoms with Crippen LogP contribution in [-0.2, 0) is 14.3 Å². The van der Waals surface area contributed by atoms with Gasteiger partial charge in [0.15, 0.2) is 0 Å². The molecule has 0 heterocycles. The van der Waals surface area contributed by atoms with E-state index in [2.05, 4.69) is 16.6 Å². The van der Waals surface area contributed by atoms with E-state index in [1.54, 1.807) is 24.3 Å². The number of halogens is 1. The first kappa shape index (κ1) is 14.3. The summed E-state index contributed by atoms with van der Waals surface area (Å²) in [4.78, 5) is 22.7. The molecule has 0 aliphatic heterocycles. The van der Waals surface area contributed by atoms with Crippen LogP contribution in [0.5, 0.6) is 0 Å². The van der Waals surface area contributed by atoms with E-state index >= 15 is 0 Å². The van der Waals surface area contributed by atoms with Gasteiger partial charge in [0.2, 0.25) is 5.91 Å². The summed E-state index contributed by atoms with van der Waals surface area (Å²) in [7, 11) is 1.30. The third-order valence-electron chi connectivity index (χ3n) is 2.35. The number of carbonyl (C=O) groups is 2. The first-order chi connectivity index (χ1) is 8.56. The fourth-order valence-electron chi connectivity index (χ4n) is 1.46. The van der Waals surface area contributed by atoms with Crippen LogP contribution in [0.1, 0.15) is 18.0 Å². The van der Waals surface area contributed by atoms with Crippen LogP contribution in [-0.4, -0.2) is 19.0 Å². The molecule has 0 spiro atoms. The van der Waals surface area contributed by atoms with E-state index in [0.29, 0.717) is 5.02 Å². The lowest BCUT2D eigenvalue weighted by atomic mass is 10.0. The van der Waals surface area contributed by atoms with Crippen LogP contribution in [0.4, 0.5) is 0 Å². The normalized spacial score (nSPS) is 11.4. The molecule has 0 aromatic heterocycles. The summed E-state index contributed by atoms with van der Waals surface area (Å²) in [6.45, 7) is 3.37. The number of rotatable bonds is 5. The number of esters is 1. The van der Waals surface area contributed by atoms with Gasteiger partial charge in [-0.25, -0.2) is 0 Å². The van der Waals surface area contributed by atoms with E-state index in [1.807, 2.05) is 0 Å². The summed E-state index contributed by atoms with van der Waals surface area (Å²) < 4.78 is 4.60. The second kappa shape index (κ2) is 6.81. The minimum Gasteiger partial charge on any atom is -0.469 e. The number of ether oxygens (including phenoxy) is 1. The Hall–Kier alpha value is -1.81. The fourth-order valence-corrected chi connectivity index (χ4v) is 1.65. The lowest BCUT2D eigenvalue weighted by Gasteiger charge is -2.17. The molecule has 0 unspecified atom stereocenters. The number of amides is 1. The van der Waals surface area contributed by atoms with Gasteiger partial charge in [-0.2, -0.15) is 0 Å². The van der Waals surface area contributed by atoms with Crippen molar-refractivity contribution in [3.63, 3.8) is 0 Å². The third kappa shape index (κ3) is 4.22. The van der Waals surface area contributed by atoms with Crippen molar-refractivity contribution in [2.45, 2.75) is 12.5 Å². The lowest BCUT2D eigenvalue weighted by molar-refractivity contribution is -0.141. The SMILES string of the molecule is C=CC(=O)N[C@@H](CC(=O)OC)c1cccc(Cl)c1. The zero-order valence-electron chi connectivity index (χ0n) is 9.98. The third-order valence-corrected chi connectivity index (χ3v) is 2.59. The average Bonchev–Trinajstić information content (AvgIpc) is 2.37. The molecule has 0 radical (unpaired) electrons. The molecule has 1 N–H and O–H groups in total. The zero-order valence-corrected chi connectivity index (χ0v) is 10.7. The standard InChI is InChI=1S/C13H14ClNO3/c1-3-12(16)15-11(8-13(17)18-2)9-5-4-6-10(14)7-9/h3-7,11H,1,8H2,2H3,(H,15,16)/t11-/m0/s1. The van der Waals surface area contributed by atoms with Gasteiger partial charge in [0.05, 0.1) is 19.6 Å². The van der Waals surface area contributed by atoms with E-state index in [1.165, 1.54) is 7.11 Å². The molecule has 1 rings (SSSR count). The minimum atomic E-state index is -0.485. The van der Waals surface area contributed by atoms with E-state index in [9.17, 15) is 9.59 Å². The highest BCUT2D eigenvalue weighted by atomic mass is 35.5. The molecule has 1 aromatic rings. The van der Waals surface area contributed by atoms with Crippen molar-refractivity contribution >= 4 is 23.5 Å². The molecular formula is C13H14ClNO3. The molecule has 96 valence electrons. The predicted octanol–water partition coefficient (Wildman–Crippen LogP) is 2.25. The summed E-state index contributed by atoms with van der Waals surface area (Å²) in [5, 5.41) is 3.20. The van der Waals surface area contributed by atoms with E-state index in [-0.39, 0.29) is 12.3 Å². The van der Waals surface area contributed by atoms with Crippen LogP contribution in [0, 0.1) is 0 Å². The molecule has 1 aromatic carbocycles. The van der Waals surface area contributed by atoms with Crippen molar-refractivity contribution in [2.24, 2.45) is 0 Å². The average molecular weight is 268 g/mol. The highest BCUT2D eigenvalue weighted by molar-refractivity contribution is 6.30. The molecule has 0 aliphatic carbocycles. The van der Waals surface area contributed by atoms with Crippen molar-refractivity contribution in [1.29, 1.82) is 0 Å². The van der Waals surface area contributed by atoms with Crippen LogP contribution >= 0.6 is 11.6 Å². The van der Waals surface area contributed by atoms with Gasteiger partial charge in [0.25, 0.3) is 0 Å². The molecule has 1 amide bonds. The first-order valence-electron chi connectivity index (χ1n) is 5.32. The monoisotopic (exact) mass is 267 g/mol. The van der Waals surface area contributed by atoms with Gasteiger partial charge in [-0.15, -0.1) is 0 Å². The Kier molecular flexibility index (Phi) is 5.39. The number of benzene rings is 1. The van der Waals surface area contributed by atoms with Crippen molar-refractivity contribution in [1.82, 2.24) is 5.32 Å². The molecule has 0 saturated carbocycles. The molecular weight excluding hydrogens is 254 g/mol. The summed E-state index contributed by atoms with van der Waals surface area (Å²) in [6.07, 6.45) is 1.19. The lowest BCUT2D eigenvalue weighted by Crippen LogP contribution is -2.28. The molecule has 0 saturated heterocycles. The van der Waals surface area contributed by atoms with Gasteiger partial charge in [-0.05, 0) is 23.8 Å². The van der Waals surface area contributed by atoms with E-state index in [0.717, 1.165) is 11.6 Å². The van der Waals surface area contributed by atoms with Gasteiger partial charge in [-0.3, -0.25) is 9.59 Å². The summed E-state index contributed by atoms with van der Waals surface area (Å²) in [5.74, 6) is -0.770. The number of carbonyl (C=O) groups excluding carboxylic acids is 2. The topological polar surface area (TPSA) is 55.4 Å². The molecule has 0 aliphatic rings.